The molecule has 0 unspecified atom stereocenters. The fourth-order valence-corrected chi connectivity index (χ4v) is 3.97. The van der Waals surface area contributed by atoms with E-state index < -0.39 is 12.1 Å². The molecule has 0 aliphatic rings. The van der Waals surface area contributed by atoms with Crippen LogP contribution in [0.3, 0.4) is 0 Å². The molecule has 11 nitrogen and oxygen atoms in total. The zero-order valence-corrected chi connectivity index (χ0v) is 20.9. The summed E-state index contributed by atoms with van der Waals surface area (Å²) < 4.78 is 16.7. The van der Waals surface area contributed by atoms with Gasteiger partial charge in [-0.2, -0.15) is 0 Å². The normalized spacial score (nSPS) is 10.6. The van der Waals surface area contributed by atoms with E-state index in [1.807, 2.05) is 12.1 Å². The highest BCUT2D eigenvalue weighted by atomic mass is 16.5. The van der Waals surface area contributed by atoms with Crippen molar-refractivity contribution in [3.05, 3.63) is 79.1 Å². The number of benzene rings is 3. The Hall–Kier alpha value is -5.58. The number of methoxy groups -OCH3 is 2. The van der Waals surface area contributed by atoms with Crippen molar-refractivity contribution in [3.8, 4) is 28.7 Å². The number of imide groups is 1. The molecule has 2 aromatic heterocycles. The van der Waals surface area contributed by atoms with E-state index in [1.54, 1.807) is 54.9 Å². The monoisotopic (exact) mass is 525 g/mol. The van der Waals surface area contributed by atoms with Gasteiger partial charge in [0.05, 0.1) is 36.6 Å². The van der Waals surface area contributed by atoms with Crippen LogP contribution in [-0.4, -0.2) is 41.4 Å². The zero-order chi connectivity index (χ0) is 27.4. The van der Waals surface area contributed by atoms with Crippen LogP contribution < -0.4 is 30.2 Å². The summed E-state index contributed by atoms with van der Waals surface area (Å²) in [5, 5.41) is 19.1. The van der Waals surface area contributed by atoms with Gasteiger partial charge in [-0.15, -0.1) is 0 Å². The first-order valence-electron chi connectivity index (χ1n) is 11.7. The number of carbonyl (C=O) groups is 2. The molecule has 2 heterocycles. The summed E-state index contributed by atoms with van der Waals surface area (Å²) in [6.07, 6.45) is 3.24. The smallest absolute Gasteiger partial charge is 0.327 e. The van der Waals surface area contributed by atoms with Gasteiger partial charge >= 0.3 is 12.1 Å². The molecule has 11 heteroatoms. The number of carbonyl (C=O) groups excluding carboxylic acids is 2. The molecule has 5 aromatic rings. The number of amides is 4. The Morgan fingerprint density at radius 3 is 2.23 bits per heavy atom. The van der Waals surface area contributed by atoms with Crippen molar-refractivity contribution < 1.29 is 28.9 Å². The third-order valence-electron chi connectivity index (χ3n) is 5.77. The molecule has 0 aliphatic carbocycles. The van der Waals surface area contributed by atoms with E-state index in [0.29, 0.717) is 45.1 Å². The molecule has 0 fully saturated rings. The third kappa shape index (κ3) is 5.42. The van der Waals surface area contributed by atoms with E-state index >= 15 is 0 Å². The number of phenolic OH excluding ortho intramolecular Hbond substituents is 1. The number of fused-ring (bicyclic) bond motifs is 2. The van der Waals surface area contributed by atoms with Crippen molar-refractivity contribution in [1.82, 2.24) is 15.3 Å². The molecule has 0 bridgehead atoms. The van der Waals surface area contributed by atoms with Crippen molar-refractivity contribution >= 4 is 45.2 Å². The highest BCUT2D eigenvalue weighted by molar-refractivity contribution is 6.08. The summed E-state index contributed by atoms with van der Waals surface area (Å²) in [4.78, 5) is 33.4. The van der Waals surface area contributed by atoms with Gasteiger partial charge in [0.2, 0.25) is 0 Å². The van der Waals surface area contributed by atoms with Crippen LogP contribution in [0, 0.1) is 0 Å². The van der Waals surface area contributed by atoms with Crippen molar-refractivity contribution in [3.63, 3.8) is 0 Å². The molecule has 0 atom stereocenters. The summed E-state index contributed by atoms with van der Waals surface area (Å²) in [5.41, 5.74) is 1.90. The van der Waals surface area contributed by atoms with Crippen molar-refractivity contribution in [2.45, 2.75) is 0 Å². The summed E-state index contributed by atoms with van der Waals surface area (Å²) in [6.45, 7) is 0. The highest BCUT2D eigenvalue weighted by Crippen LogP contribution is 2.38. The first-order valence-corrected chi connectivity index (χ1v) is 11.7. The van der Waals surface area contributed by atoms with Gasteiger partial charge in [-0.25, -0.2) is 9.59 Å². The average Bonchev–Trinajstić information content (AvgIpc) is 2.94. The topological polar surface area (TPSA) is 144 Å². The van der Waals surface area contributed by atoms with Gasteiger partial charge in [-0.3, -0.25) is 15.3 Å². The fourth-order valence-electron chi connectivity index (χ4n) is 3.97. The van der Waals surface area contributed by atoms with Crippen LogP contribution in [0.1, 0.15) is 0 Å². The van der Waals surface area contributed by atoms with Crippen LogP contribution in [0.25, 0.3) is 21.8 Å². The Morgan fingerprint density at radius 2 is 1.46 bits per heavy atom. The molecule has 0 aliphatic heterocycles. The van der Waals surface area contributed by atoms with Gasteiger partial charge in [0.15, 0.2) is 11.5 Å². The lowest BCUT2D eigenvalue weighted by Crippen LogP contribution is -2.37. The summed E-state index contributed by atoms with van der Waals surface area (Å²) in [5.74, 6) is 1.56. The van der Waals surface area contributed by atoms with Crippen LogP contribution in [0.5, 0.6) is 28.7 Å². The number of hydrogen-bond donors (Lipinski definition) is 4. The minimum absolute atomic E-state index is 0.0769. The molecule has 3 aromatic carbocycles. The lowest BCUT2D eigenvalue weighted by molar-refractivity contribution is 0.240. The van der Waals surface area contributed by atoms with Crippen LogP contribution in [0.2, 0.25) is 0 Å². The number of aromatic hydroxyl groups is 1. The summed E-state index contributed by atoms with van der Waals surface area (Å²) in [7, 11) is 3.07. The van der Waals surface area contributed by atoms with Crippen LogP contribution in [0.15, 0.2) is 79.1 Å². The number of nitrogens with zero attached hydrogens (tertiary/aromatic N) is 2. The number of phenols is 1. The van der Waals surface area contributed by atoms with E-state index in [2.05, 4.69) is 25.9 Å². The largest absolute Gasteiger partial charge is 0.506 e. The molecule has 4 N–H and O–H groups in total. The summed E-state index contributed by atoms with van der Waals surface area (Å²) >= 11 is 0. The quantitative estimate of drug-likeness (QED) is 0.208. The minimum Gasteiger partial charge on any atom is -0.506 e. The molecule has 39 heavy (non-hydrogen) atoms. The standard InChI is InChI=1S/C28H23N5O6/c1-37-25-14-18-22(15-26(25)38-2)30-12-10-24(18)39-16-8-9-21(23(34)13-16)32-28(36)33-27(35)31-20-7-3-6-19-17(20)5-4-11-29-19/h3-15,34H,1-2H3,(H3,31,32,33,35,36). The Labute approximate surface area is 222 Å². The van der Waals surface area contributed by atoms with E-state index in [4.69, 9.17) is 14.2 Å². The second-order valence-electron chi connectivity index (χ2n) is 8.22. The van der Waals surface area contributed by atoms with Crippen molar-refractivity contribution in [1.29, 1.82) is 0 Å². The van der Waals surface area contributed by atoms with Crippen molar-refractivity contribution in [2.24, 2.45) is 0 Å². The van der Waals surface area contributed by atoms with Gasteiger partial charge in [-0.05, 0) is 48.5 Å². The second kappa shape index (κ2) is 10.8. The fraction of sp³-hybridized carbons (Fsp3) is 0.0714. The molecule has 5 rings (SSSR count). The Bertz CT molecular complexity index is 1700. The number of nitrogens with one attached hydrogen (secondary N) is 3. The Balaban J connectivity index is 1.26. The molecular formula is C28H23N5O6. The third-order valence-corrected chi connectivity index (χ3v) is 5.77. The van der Waals surface area contributed by atoms with E-state index in [-0.39, 0.29) is 11.4 Å². The first kappa shape index (κ1) is 25.1. The lowest BCUT2D eigenvalue weighted by Gasteiger charge is -2.13. The molecule has 0 saturated heterocycles. The summed E-state index contributed by atoms with van der Waals surface area (Å²) in [6, 6.07) is 16.7. The van der Waals surface area contributed by atoms with Gasteiger partial charge in [-0.1, -0.05) is 6.07 Å². The second-order valence-corrected chi connectivity index (χ2v) is 8.22. The number of anilines is 2. The zero-order valence-electron chi connectivity index (χ0n) is 20.9. The number of ether oxygens (including phenoxy) is 3. The van der Waals surface area contributed by atoms with Gasteiger partial charge in [0, 0.05) is 35.3 Å². The number of urea groups is 2. The first-order chi connectivity index (χ1) is 18.9. The Morgan fingerprint density at radius 1 is 0.718 bits per heavy atom. The Kier molecular flexibility index (Phi) is 6.95. The molecular weight excluding hydrogens is 502 g/mol. The molecule has 0 saturated carbocycles. The maximum atomic E-state index is 12.4. The average molecular weight is 526 g/mol. The van der Waals surface area contributed by atoms with Crippen LogP contribution in [0.4, 0.5) is 21.0 Å². The van der Waals surface area contributed by atoms with Crippen LogP contribution >= 0.6 is 0 Å². The SMILES string of the molecule is COc1cc2nccc(Oc3ccc(NC(=O)NC(=O)Nc4cccc5ncccc45)c(O)c3)c2cc1OC. The van der Waals surface area contributed by atoms with E-state index in [0.717, 1.165) is 5.39 Å². The van der Waals surface area contributed by atoms with Gasteiger partial charge in [0.1, 0.15) is 17.2 Å². The molecule has 0 radical (unpaired) electrons. The van der Waals surface area contributed by atoms with Gasteiger partial charge < -0.3 is 30.0 Å². The minimum atomic E-state index is -0.837. The number of rotatable bonds is 6. The van der Waals surface area contributed by atoms with E-state index in [9.17, 15) is 14.7 Å². The predicted molar refractivity (Wildman–Crippen MR) is 146 cm³/mol. The number of hydrogen-bond acceptors (Lipinski definition) is 8. The molecule has 0 spiro atoms. The number of pyridine rings is 2. The maximum absolute atomic E-state index is 12.4. The van der Waals surface area contributed by atoms with E-state index in [1.165, 1.54) is 26.4 Å². The molecule has 4 amide bonds. The number of aromatic nitrogens is 2. The molecule has 196 valence electrons. The van der Waals surface area contributed by atoms with Gasteiger partial charge in [0.25, 0.3) is 0 Å². The maximum Gasteiger partial charge on any atom is 0.327 e. The lowest BCUT2D eigenvalue weighted by atomic mass is 10.2. The highest BCUT2D eigenvalue weighted by Gasteiger charge is 2.14. The van der Waals surface area contributed by atoms with Crippen molar-refractivity contribution in [2.75, 3.05) is 24.9 Å². The van der Waals surface area contributed by atoms with Crippen LogP contribution in [-0.2, 0) is 0 Å². The predicted octanol–water partition coefficient (Wildman–Crippen LogP) is 5.65.